The van der Waals surface area contributed by atoms with E-state index in [1.165, 1.54) is 0 Å². The van der Waals surface area contributed by atoms with Gasteiger partial charge in [0.1, 0.15) is 0 Å². The fraction of sp³-hybridized carbons (Fsp3) is 0.259. The van der Waals surface area contributed by atoms with Crippen LogP contribution >= 0.6 is 0 Å². The van der Waals surface area contributed by atoms with Gasteiger partial charge in [0.25, 0.3) is 0 Å². The van der Waals surface area contributed by atoms with Crippen molar-refractivity contribution in [1.29, 1.82) is 0 Å². The van der Waals surface area contributed by atoms with Crippen molar-refractivity contribution >= 4 is 32.9 Å². The topological polar surface area (TPSA) is 40.2 Å². The van der Waals surface area contributed by atoms with Crippen LogP contribution in [0, 0.1) is 0 Å². The van der Waals surface area contributed by atoms with Crippen LogP contribution in [0.25, 0.3) is 21.5 Å². The molecule has 4 aromatic carbocycles. The molecule has 0 aliphatic heterocycles. The van der Waals surface area contributed by atoms with Crippen LogP contribution in [0.15, 0.2) is 72.8 Å². The zero-order valence-electron chi connectivity index (χ0n) is 18.8. The number of ether oxygens (including phenoxy) is 4. The van der Waals surface area contributed by atoms with Crippen LogP contribution in [0.3, 0.4) is 0 Å². The third-order valence-electron chi connectivity index (χ3n) is 5.39. The normalized spacial score (nSPS) is 11.1. The second-order valence-electron chi connectivity index (χ2n) is 7.52. The van der Waals surface area contributed by atoms with E-state index in [9.17, 15) is 0 Å². The monoisotopic (exact) mass is 431 g/mol. The maximum atomic E-state index is 6.13. The van der Waals surface area contributed by atoms with Crippen molar-refractivity contribution in [3.05, 3.63) is 72.8 Å². The molecule has 0 saturated heterocycles. The van der Waals surface area contributed by atoms with Gasteiger partial charge >= 0.3 is 0 Å². The molecule has 0 heterocycles. The molecular weight excluding hydrogens is 402 g/mol. The predicted molar refractivity (Wildman–Crippen MR) is 130 cm³/mol. The van der Waals surface area contributed by atoms with Gasteiger partial charge in [0.2, 0.25) is 0 Å². The third-order valence-corrected chi connectivity index (χ3v) is 5.39. The first-order chi connectivity index (χ1) is 15.8. The molecule has 0 aromatic heterocycles. The van der Waals surface area contributed by atoms with Crippen molar-refractivity contribution in [2.45, 2.75) is 13.3 Å². The van der Waals surface area contributed by atoms with Gasteiger partial charge in [-0.15, -0.1) is 0 Å². The fourth-order valence-corrected chi connectivity index (χ4v) is 4.02. The SMILES string of the molecule is CCCN(c1ccc2ccccc2c1OCOC)c1ccc2ccccc2c1OCOC. The number of hydrogen-bond acceptors (Lipinski definition) is 5. The summed E-state index contributed by atoms with van der Waals surface area (Å²) >= 11 is 0. The molecule has 5 heteroatoms. The van der Waals surface area contributed by atoms with E-state index in [0.717, 1.165) is 57.4 Å². The highest BCUT2D eigenvalue weighted by molar-refractivity contribution is 5.98. The van der Waals surface area contributed by atoms with Crippen molar-refractivity contribution in [2.24, 2.45) is 0 Å². The van der Waals surface area contributed by atoms with Crippen LogP contribution in [-0.2, 0) is 9.47 Å². The van der Waals surface area contributed by atoms with Crippen molar-refractivity contribution in [3.63, 3.8) is 0 Å². The maximum absolute atomic E-state index is 6.13. The Balaban J connectivity index is 1.93. The highest BCUT2D eigenvalue weighted by Crippen LogP contribution is 2.44. The van der Waals surface area contributed by atoms with Crippen molar-refractivity contribution in [3.8, 4) is 11.5 Å². The molecule has 0 N–H and O–H groups in total. The molecule has 0 radical (unpaired) electrons. The van der Waals surface area contributed by atoms with E-state index < -0.39 is 0 Å². The predicted octanol–water partition coefficient (Wildman–Crippen LogP) is 6.51. The summed E-state index contributed by atoms with van der Waals surface area (Å²) in [6.45, 7) is 3.31. The molecule has 0 unspecified atom stereocenters. The lowest BCUT2D eigenvalue weighted by Gasteiger charge is -2.29. The largest absolute Gasteiger partial charge is 0.465 e. The first kappa shape index (κ1) is 21.9. The molecule has 166 valence electrons. The summed E-state index contributed by atoms with van der Waals surface area (Å²) in [5.74, 6) is 1.59. The summed E-state index contributed by atoms with van der Waals surface area (Å²) < 4.78 is 22.8. The molecule has 0 spiro atoms. The summed E-state index contributed by atoms with van der Waals surface area (Å²) in [6.07, 6.45) is 0.951. The summed E-state index contributed by atoms with van der Waals surface area (Å²) in [5.41, 5.74) is 1.94. The summed E-state index contributed by atoms with van der Waals surface area (Å²) in [5, 5.41) is 4.33. The molecule has 0 saturated carbocycles. The Hall–Kier alpha value is -3.28. The van der Waals surface area contributed by atoms with Gasteiger partial charge in [-0.25, -0.2) is 0 Å². The minimum atomic E-state index is 0.172. The van der Waals surface area contributed by atoms with Gasteiger partial charge in [-0.2, -0.15) is 0 Å². The summed E-state index contributed by atoms with van der Waals surface area (Å²) in [4.78, 5) is 2.26. The number of methoxy groups -OCH3 is 2. The van der Waals surface area contributed by atoms with Crippen molar-refractivity contribution in [2.75, 3.05) is 39.3 Å². The molecule has 5 nitrogen and oxygen atoms in total. The van der Waals surface area contributed by atoms with Crippen molar-refractivity contribution in [1.82, 2.24) is 0 Å². The van der Waals surface area contributed by atoms with E-state index in [1.807, 2.05) is 24.3 Å². The molecule has 0 bridgehead atoms. The van der Waals surface area contributed by atoms with E-state index in [-0.39, 0.29) is 13.6 Å². The lowest BCUT2D eigenvalue weighted by Crippen LogP contribution is -2.20. The molecule has 4 rings (SSSR count). The van der Waals surface area contributed by atoms with Crippen LogP contribution in [0.2, 0.25) is 0 Å². The lowest BCUT2D eigenvalue weighted by molar-refractivity contribution is 0.0521. The molecule has 0 amide bonds. The third kappa shape index (κ3) is 4.35. The van der Waals surface area contributed by atoms with E-state index in [0.29, 0.717) is 0 Å². The van der Waals surface area contributed by atoms with E-state index in [1.54, 1.807) is 14.2 Å². The Kier molecular flexibility index (Phi) is 7.10. The van der Waals surface area contributed by atoms with Gasteiger partial charge in [0.05, 0.1) is 11.4 Å². The molecular formula is C27H29NO4. The molecule has 0 aliphatic carbocycles. The highest BCUT2D eigenvalue weighted by atomic mass is 16.7. The Bertz CT molecular complexity index is 1100. The van der Waals surface area contributed by atoms with Crippen LogP contribution in [0.5, 0.6) is 11.5 Å². The summed E-state index contributed by atoms with van der Waals surface area (Å²) in [7, 11) is 3.27. The minimum absolute atomic E-state index is 0.172. The van der Waals surface area contributed by atoms with Crippen LogP contribution in [-0.4, -0.2) is 34.4 Å². The number of hydrogen-bond donors (Lipinski definition) is 0. The Morgan fingerprint density at radius 3 is 1.53 bits per heavy atom. The second-order valence-corrected chi connectivity index (χ2v) is 7.52. The number of nitrogens with zero attached hydrogens (tertiary/aromatic N) is 1. The lowest BCUT2D eigenvalue weighted by atomic mass is 10.0. The van der Waals surface area contributed by atoms with E-state index in [4.69, 9.17) is 18.9 Å². The van der Waals surface area contributed by atoms with Crippen LogP contribution in [0.1, 0.15) is 13.3 Å². The van der Waals surface area contributed by atoms with Gasteiger partial charge in [0.15, 0.2) is 25.1 Å². The smallest absolute Gasteiger partial charge is 0.188 e. The standard InChI is InChI=1S/C27H29NO4/c1-4-17-28(24-15-13-20-9-5-7-11-22(20)26(24)31-18-29-2)25-16-14-21-10-6-8-12-23(21)27(25)32-19-30-3/h5-16H,4,17-19H2,1-3H3. The van der Waals surface area contributed by atoms with Gasteiger partial charge < -0.3 is 23.8 Å². The van der Waals surface area contributed by atoms with Crippen molar-refractivity contribution < 1.29 is 18.9 Å². The number of benzene rings is 4. The quantitative estimate of drug-likeness (QED) is 0.268. The first-order valence-electron chi connectivity index (χ1n) is 10.8. The molecule has 0 fully saturated rings. The molecule has 0 aliphatic rings. The minimum Gasteiger partial charge on any atom is -0.465 e. The van der Waals surface area contributed by atoms with Crippen LogP contribution < -0.4 is 14.4 Å². The highest BCUT2D eigenvalue weighted by Gasteiger charge is 2.21. The number of rotatable bonds is 10. The first-order valence-corrected chi connectivity index (χ1v) is 10.8. The molecule has 0 atom stereocenters. The average molecular weight is 432 g/mol. The number of fused-ring (bicyclic) bond motifs is 2. The van der Waals surface area contributed by atoms with Gasteiger partial charge in [-0.05, 0) is 29.3 Å². The summed E-state index contributed by atoms with van der Waals surface area (Å²) in [6, 6.07) is 24.9. The zero-order valence-corrected chi connectivity index (χ0v) is 18.8. The average Bonchev–Trinajstić information content (AvgIpc) is 2.84. The van der Waals surface area contributed by atoms with Gasteiger partial charge in [-0.1, -0.05) is 67.6 Å². The Morgan fingerprint density at radius 2 is 1.09 bits per heavy atom. The molecule has 4 aromatic rings. The van der Waals surface area contributed by atoms with Gasteiger partial charge in [0, 0.05) is 31.5 Å². The Morgan fingerprint density at radius 1 is 0.625 bits per heavy atom. The number of anilines is 2. The maximum Gasteiger partial charge on any atom is 0.188 e. The Labute approximate surface area is 189 Å². The van der Waals surface area contributed by atoms with E-state index in [2.05, 4.69) is 60.4 Å². The second kappa shape index (κ2) is 10.4. The van der Waals surface area contributed by atoms with Crippen LogP contribution in [0.4, 0.5) is 11.4 Å². The van der Waals surface area contributed by atoms with E-state index >= 15 is 0 Å². The zero-order chi connectivity index (χ0) is 22.3. The fourth-order valence-electron chi connectivity index (χ4n) is 4.02. The molecule has 32 heavy (non-hydrogen) atoms. The van der Waals surface area contributed by atoms with Gasteiger partial charge in [-0.3, -0.25) is 0 Å².